The predicted octanol–water partition coefficient (Wildman–Crippen LogP) is 6.21. The van der Waals surface area contributed by atoms with Crippen LogP contribution in [-0.2, 0) is 16.0 Å². The summed E-state index contributed by atoms with van der Waals surface area (Å²) in [6.45, 7) is 12.9. The summed E-state index contributed by atoms with van der Waals surface area (Å²) >= 11 is 0. The molecule has 1 saturated carbocycles. The van der Waals surface area contributed by atoms with Crippen LogP contribution in [0.3, 0.4) is 0 Å². The van der Waals surface area contributed by atoms with Gasteiger partial charge in [-0.3, -0.25) is 9.69 Å². The normalized spacial score (nSPS) is 22.3. The fourth-order valence-electron chi connectivity index (χ4n) is 4.95. The predicted molar refractivity (Wildman–Crippen MR) is 128 cm³/mol. The van der Waals surface area contributed by atoms with Crippen LogP contribution in [0.25, 0.3) is 0 Å². The third-order valence-corrected chi connectivity index (χ3v) is 6.30. The Balaban J connectivity index is 1.94. The molecule has 0 unspecified atom stereocenters. The molecule has 0 spiro atoms. The second-order valence-corrected chi connectivity index (χ2v) is 9.73. The first-order valence-electron chi connectivity index (χ1n) is 11.5. The van der Waals surface area contributed by atoms with Crippen LogP contribution in [0.1, 0.15) is 57.7 Å². The van der Waals surface area contributed by atoms with Crippen LogP contribution in [0.2, 0.25) is 0 Å². The van der Waals surface area contributed by atoms with Crippen molar-refractivity contribution in [1.29, 1.82) is 0 Å². The van der Waals surface area contributed by atoms with Crippen LogP contribution >= 0.6 is 0 Å². The van der Waals surface area contributed by atoms with Gasteiger partial charge >= 0.3 is 5.97 Å². The fourth-order valence-corrected chi connectivity index (χ4v) is 4.95. The number of ether oxygens (including phenoxy) is 1. The van der Waals surface area contributed by atoms with Crippen LogP contribution in [0.5, 0.6) is 0 Å². The van der Waals surface area contributed by atoms with E-state index in [9.17, 15) is 4.79 Å². The number of hydrogen-bond donors (Lipinski definition) is 0. The zero-order valence-corrected chi connectivity index (χ0v) is 19.5. The van der Waals surface area contributed by atoms with Gasteiger partial charge in [0.05, 0.1) is 5.92 Å². The maximum absolute atomic E-state index is 13.3. The van der Waals surface area contributed by atoms with Gasteiger partial charge in [-0.2, -0.15) is 0 Å². The molecule has 3 nitrogen and oxygen atoms in total. The number of carbonyl (C=O) groups excluding carboxylic acids is 1. The number of carbonyl (C=O) groups is 1. The lowest BCUT2D eigenvalue weighted by atomic mass is 9.88. The molecule has 0 radical (unpaired) electrons. The molecule has 31 heavy (non-hydrogen) atoms. The summed E-state index contributed by atoms with van der Waals surface area (Å²) in [4.78, 5) is 15.7. The van der Waals surface area contributed by atoms with Gasteiger partial charge in [0, 0.05) is 18.6 Å². The van der Waals surface area contributed by atoms with Gasteiger partial charge in [0.1, 0.15) is 5.60 Å². The third kappa shape index (κ3) is 6.07. The van der Waals surface area contributed by atoms with Crippen molar-refractivity contribution in [1.82, 2.24) is 4.90 Å². The average Bonchev–Trinajstić information content (AvgIpc) is 3.15. The highest BCUT2D eigenvalue weighted by Crippen LogP contribution is 2.41. The fraction of sp³-hybridized carbons (Fsp3) is 0.464. The molecule has 0 saturated heterocycles. The molecule has 0 aromatic heterocycles. The minimum absolute atomic E-state index is 0.0672. The Morgan fingerprint density at radius 2 is 1.71 bits per heavy atom. The van der Waals surface area contributed by atoms with Crippen LogP contribution < -0.4 is 0 Å². The lowest BCUT2D eigenvalue weighted by Crippen LogP contribution is -2.47. The summed E-state index contributed by atoms with van der Waals surface area (Å²) in [7, 11) is 0. The van der Waals surface area contributed by atoms with E-state index in [2.05, 4.69) is 73.0 Å². The molecule has 0 heterocycles. The summed E-state index contributed by atoms with van der Waals surface area (Å²) in [5.41, 5.74) is 2.11. The van der Waals surface area contributed by atoms with Crippen LogP contribution in [-0.4, -0.2) is 29.1 Å². The van der Waals surface area contributed by atoms with Crippen LogP contribution in [0.15, 0.2) is 73.3 Å². The minimum Gasteiger partial charge on any atom is -0.460 e. The molecule has 1 aliphatic carbocycles. The molecular weight excluding hydrogens is 382 g/mol. The lowest BCUT2D eigenvalue weighted by molar-refractivity contribution is -0.162. The number of hydrogen-bond acceptors (Lipinski definition) is 3. The maximum atomic E-state index is 13.3. The Kier molecular flexibility index (Phi) is 7.72. The minimum atomic E-state index is -0.479. The monoisotopic (exact) mass is 419 g/mol. The second kappa shape index (κ2) is 10.3. The van der Waals surface area contributed by atoms with E-state index in [1.54, 1.807) is 0 Å². The van der Waals surface area contributed by atoms with Gasteiger partial charge in [0.2, 0.25) is 0 Å². The van der Waals surface area contributed by atoms with Crippen LogP contribution in [0, 0.1) is 11.8 Å². The topological polar surface area (TPSA) is 29.5 Å². The highest BCUT2D eigenvalue weighted by Gasteiger charge is 2.46. The van der Waals surface area contributed by atoms with E-state index in [0.29, 0.717) is 5.92 Å². The molecule has 0 bridgehead atoms. The molecule has 3 rings (SSSR count). The van der Waals surface area contributed by atoms with E-state index in [4.69, 9.17) is 4.74 Å². The summed E-state index contributed by atoms with van der Waals surface area (Å²) in [6.07, 6.45) is 4.83. The van der Waals surface area contributed by atoms with Crippen molar-refractivity contribution >= 4 is 5.97 Å². The van der Waals surface area contributed by atoms with E-state index in [1.807, 2.05) is 32.9 Å². The van der Waals surface area contributed by atoms with Crippen molar-refractivity contribution in [3.8, 4) is 0 Å². The van der Waals surface area contributed by atoms with E-state index >= 15 is 0 Å². The summed E-state index contributed by atoms with van der Waals surface area (Å²) < 4.78 is 5.87. The number of nitrogens with zero attached hydrogens (tertiary/aromatic N) is 1. The Hall–Kier alpha value is -2.39. The Morgan fingerprint density at radius 3 is 2.29 bits per heavy atom. The molecule has 166 valence electrons. The van der Waals surface area contributed by atoms with Gasteiger partial charge in [-0.25, -0.2) is 0 Å². The number of rotatable bonds is 8. The smallest absolute Gasteiger partial charge is 0.311 e. The first kappa shape index (κ1) is 23.3. The molecule has 2 aromatic carbocycles. The highest BCUT2D eigenvalue weighted by molar-refractivity contribution is 5.74. The first-order chi connectivity index (χ1) is 14.8. The third-order valence-electron chi connectivity index (χ3n) is 6.30. The van der Waals surface area contributed by atoms with Gasteiger partial charge in [0.25, 0.3) is 0 Å². The summed E-state index contributed by atoms with van der Waals surface area (Å²) in [5, 5.41) is 0. The number of esters is 1. The van der Waals surface area contributed by atoms with Gasteiger partial charge < -0.3 is 4.74 Å². The maximum Gasteiger partial charge on any atom is 0.311 e. The number of benzene rings is 2. The van der Waals surface area contributed by atoms with E-state index < -0.39 is 5.60 Å². The lowest BCUT2D eigenvalue weighted by Gasteiger charge is -2.40. The molecule has 1 fully saturated rings. The molecule has 3 heteroatoms. The molecule has 0 N–H and O–H groups in total. The van der Waals surface area contributed by atoms with E-state index in [1.165, 1.54) is 11.1 Å². The van der Waals surface area contributed by atoms with Crippen molar-refractivity contribution in [2.75, 3.05) is 6.54 Å². The summed E-state index contributed by atoms with van der Waals surface area (Å²) in [6, 6.07) is 21.5. The Morgan fingerprint density at radius 1 is 1.10 bits per heavy atom. The quantitative estimate of drug-likeness (QED) is 0.376. The molecule has 4 atom stereocenters. The zero-order chi connectivity index (χ0) is 22.4. The first-order valence-corrected chi connectivity index (χ1v) is 11.5. The van der Waals surface area contributed by atoms with Gasteiger partial charge in [-0.05, 0) is 64.0 Å². The highest BCUT2D eigenvalue weighted by atomic mass is 16.6. The average molecular weight is 420 g/mol. The van der Waals surface area contributed by atoms with E-state index in [0.717, 1.165) is 25.8 Å². The molecular formula is C28H37NO2. The van der Waals surface area contributed by atoms with Crippen molar-refractivity contribution < 1.29 is 9.53 Å². The summed E-state index contributed by atoms with van der Waals surface area (Å²) in [5.74, 6) is 0.201. The van der Waals surface area contributed by atoms with E-state index in [-0.39, 0.29) is 24.0 Å². The van der Waals surface area contributed by atoms with Gasteiger partial charge in [-0.1, -0.05) is 66.7 Å². The SMILES string of the molecule is C=CCN([C@@H]1[C@@H](Cc2ccccc2)CC[C@@H]1C(=O)OC(C)(C)C)[C@H](C)c1ccccc1. The van der Waals surface area contributed by atoms with Crippen LogP contribution in [0.4, 0.5) is 0 Å². The zero-order valence-electron chi connectivity index (χ0n) is 19.5. The molecule has 1 aliphatic rings. The van der Waals surface area contributed by atoms with Crippen molar-refractivity contribution in [3.63, 3.8) is 0 Å². The Labute approximate surface area is 188 Å². The van der Waals surface area contributed by atoms with Gasteiger partial charge in [0.15, 0.2) is 0 Å². The Bertz CT molecular complexity index is 840. The van der Waals surface area contributed by atoms with Crippen molar-refractivity contribution in [3.05, 3.63) is 84.4 Å². The molecule has 0 aliphatic heterocycles. The van der Waals surface area contributed by atoms with Gasteiger partial charge in [-0.15, -0.1) is 6.58 Å². The van der Waals surface area contributed by atoms with Crippen molar-refractivity contribution in [2.45, 2.75) is 64.6 Å². The van der Waals surface area contributed by atoms with Crippen molar-refractivity contribution in [2.24, 2.45) is 11.8 Å². The second-order valence-electron chi connectivity index (χ2n) is 9.73. The molecule has 0 amide bonds. The standard InChI is InChI=1S/C28H37NO2/c1-6-19-29(21(2)23-15-11-8-12-16-23)26-24(20-22-13-9-7-10-14-22)17-18-25(26)27(30)31-28(3,4)5/h6-16,21,24-26H,1,17-20H2,2-5H3/t21-,24-,25+,26-/m1/s1. The largest absolute Gasteiger partial charge is 0.460 e. The molecule has 2 aromatic rings.